The van der Waals surface area contributed by atoms with E-state index in [4.69, 9.17) is 4.74 Å². The summed E-state index contributed by atoms with van der Waals surface area (Å²) in [7, 11) is 0. The second-order valence-corrected chi connectivity index (χ2v) is 11.5. The first-order valence-electron chi connectivity index (χ1n) is 14.1. The molecule has 10 heteroatoms. The molecule has 3 amide bonds. The normalized spacial score (nSPS) is 16.4. The molecule has 2 aromatic heterocycles. The summed E-state index contributed by atoms with van der Waals surface area (Å²) in [4.78, 5) is 36.0. The lowest BCUT2D eigenvalue weighted by Gasteiger charge is -2.34. The third kappa shape index (κ3) is 5.31. The van der Waals surface area contributed by atoms with E-state index in [1.165, 1.54) is 11.3 Å². The number of nitrogens with one attached hydrogen (secondary N) is 2. The highest BCUT2D eigenvalue weighted by Gasteiger charge is 2.33. The van der Waals surface area contributed by atoms with E-state index in [1.54, 1.807) is 29.0 Å². The summed E-state index contributed by atoms with van der Waals surface area (Å²) >= 11 is 1.46. The van der Waals surface area contributed by atoms with Crippen molar-refractivity contribution in [3.8, 4) is 17.6 Å². The molecule has 216 valence electrons. The first-order chi connectivity index (χ1) is 20.9. The summed E-state index contributed by atoms with van der Waals surface area (Å²) in [6, 6.07) is 18.7. The van der Waals surface area contributed by atoms with Gasteiger partial charge in [0.15, 0.2) is 0 Å². The number of hydrogen-bond donors (Lipinski definition) is 2. The number of likely N-dealkylation sites (tertiary alicyclic amines) is 1. The Bertz CT molecular complexity index is 1820. The zero-order chi connectivity index (χ0) is 30.1. The maximum absolute atomic E-state index is 13.7. The van der Waals surface area contributed by atoms with E-state index in [2.05, 4.69) is 22.2 Å². The van der Waals surface area contributed by atoms with E-state index in [0.29, 0.717) is 30.2 Å². The van der Waals surface area contributed by atoms with Gasteiger partial charge in [0.25, 0.3) is 5.91 Å². The molecule has 1 fully saturated rings. The maximum Gasteiger partial charge on any atom is 0.331 e. The molecule has 0 aliphatic carbocycles. The summed E-state index contributed by atoms with van der Waals surface area (Å²) in [6.45, 7) is 9.01. The average Bonchev–Trinajstić information content (AvgIpc) is 3.38. The number of anilines is 3. The van der Waals surface area contributed by atoms with Crippen molar-refractivity contribution in [3.05, 3.63) is 89.5 Å². The van der Waals surface area contributed by atoms with Crippen LogP contribution in [0.4, 0.5) is 21.9 Å². The van der Waals surface area contributed by atoms with Gasteiger partial charge in [0.2, 0.25) is 0 Å². The van der Waals surface area contributed by atoms with Crippen LogP contribution in [0.1, 0.15) is 30.2 Å². The number of carbonyl (C=O) groups is 2. The zero-order valence-corrected chi connectivity index (χ0v) is 24.7. The highest BCUT2D eigenvalue weighted by Crippen LogP contribution is 2.48. The molecule has 0 radical (unpaired) electrons. The topological polar surface area (TPSA) is 111 Å². The van der Waals surface area contributed by atoms with E-state index < -0.39 is 0 Å². The number of piperidine rings is 1. The van der Waals surface area contributed by atoms with E-state index >= 15 is 0 Å². The number of allylic oxidation sites excluding steroid dienone is 1. The van der Waals surface area contributed by atoms with E-state index in [0.717, 1.165) is 50.6 Å². The minimum atomic E-state index is -0.280. The van der Waals surface area contributed by atoms with Gasteiger partial charge >= 0.3 is 6.03 Å². The lowest BCUT2D eigenvalue weighted by atomic mass is 10.0. The van der Waals surface area contributed by atoms with E-state index in [-0.39, 0.29) is 23.6 Å². The molecule has 1 saturated heterocycles. The lowest BCUT2D eigenvalue weighted by molar-refractivity contribution is -0.127. The SMILES string of the molecule is C=C(N[C@@H]1CCCN(C(=O)/C(C#N)=C/C)C1)c1sc2nccc3c2c1NC(=O)N3c1ccc(Oc2ccccc2)cc1C. The number of nitriles is 1. The number of aryl methyl sites for hydroxylation is 1. The number of benzene rings is 2. The van der Waals surface area contributed by atoms with Crippen LogP contribution in [0.5, 0.6) is 11.5 Å². The predicted octanol–water partition coefficient (Wildman–Crippen LogP) is 7.10. The molecule has 6 rings (SSSR count). The van der Waals surface area contributed by atoms with Crippen molar-refractivity contribution in [1.82, 2.24) is 15.2 Å². The molecule has 2 aliphatic heterocycles. The summed E-state index contributed by atoms with van der Waals surface area (Å²) < 4.78 is 5.99. The van der Waals surface area contributed by atoms with Crippen molar-refractivity contribution in [3.63, 3.8) is 0 Å². The molecule has 4 heterocycles. The fourth-order valence-corrected chi connectivity index (χ4v) is 6.65. The molecule has 2 aromatic carbocycles. The van der Waals surface area contributed by atoms with Crippen LogP contribution in [-0.2, 0) is 4.79 Å². The molecular weight excluding hydrogens is 560 g/mol. The Balaban J connectivity index is 1.26. The molecule has 4 aromatic rings. The van der Waals surface area contributed by atoms with Crippen LogP contribution >= 0.6 is 11.3 Å². The fourth-order valence-electron chi connectivity index (χ4n) is 5.60. The molecule has 0 saturated carbocycles. The van der Waals surface area contributed by atoms with Crippen LogP contribution in [0.15, 0.2) is 79.0 Å². The third-order valence-corrected chi connectivity index (χ3v) is 8.79. The highest BCUT2D eigenvalue weighted by molar-refractivity contribution is 7.20. The Kier molecular flexibility index (Phi) is 7.57. The summed E-state index contributed by atoms with van der Waals surface area (Å²) in [5.74, 6) is 1.17. The Morgan fingerprint density at radius 1 is 1.21 bits per heavy atom. The van der Waals surface area contributed by atoms with Gasteiger partial charge in [0.05, 0.1) is 27.3 Å². The van der Waals surface area contributed by atoms with Crippen molar-refractivity contribution in [2.24, 2.45) is 0 Å². The number of aromatic nitrogens is 1. The smallest absolute Gasteiger partial charge is 0.331 e. The largest absolute Gasteiger partial charge is 0.457 e. The van der Waals surface area contributed by atoms with Crippen LogP contribution in [0.2, 0.25) is 0 Å². The van der Waals surface area contributed by atoms with Gasteiger partial charge in [-0.25, -0.2) is 9.78 Å². The van der Waals surface area contributed by atoms with Gasteiger partial charge in [-0.05, 0) is 68.7 Å². The molecule has 0 spiro atoms. The van der Waals surface area contributed by atoms with Gasteiger partial charge in [-0.3, -0.25) is 9.69 Å². The minimum Gasteiger partial charge on any atom is -0.457 e. The Hall–Kier alpha value is -5.14. The second kappa shape index (κ2) is 11.6. The number of nitrogens with zero attached hydrogens (tertiary/aromatic N) is 4. The Labute approximate surface area is 253 Å². The fraction of sp³-hybridized carbons (Fsp3) is 0.212. The number of pyridine rings is 1. The molecular formula is C33H30N6O3S. The first-order valence-corrected chi connectivity index (χ1v) is 14.9. The number of para-hydroxylation sites is 1. The van der Waals surface area contributed by atoms with Gasteiger partial charge in [-0.1, -0.05) is 30.9 Å². The average molecular weight is 591 g/mol. The molecule has 1 atom stereocenters. The van der Waals surface area contributed by atoms with Gasteiger partial charge in [-0.2, -0.15) is 5.26 Å². The maximum atomic E-state index is 13.7. The number of hydrogen-bond acceptors (Lipinski definition) is 7. The number of carbonyl (C=O) groups excluding carboxylic acids is 2. The van der Waals surface area contributed by atoms with Crippen LogP contribution in [0.25, 0.3) is 15.9 Å². The first kappa shape index (κ1) is 28.0. The van der Waals surface area contributed by atoms with Gasteiger partial charge in [0, 0.05) is 31.0 Å². The predicted molar refractivity (Wildman–Crippen MR) is 170 cm³/mol. The molecule has 0 bridgehead atoms. The minimum absolute atomic E-state index is 0.0399. The van der Waals surface area contributed by atoms with E-state index in [1.807, 2.05) is 67.6 Å². The van der Waals surface area contributed by atoms with Crippen molar-refractivity contribution >= 4 is 56.3 Å². The number of rotatable bonds is 7. The quantitative estimate of drug-likeness (QED) is 0.175. The zero-order valence-electron chi connectivity index (χ0n) is 23.9. The number of ether oxygens (including phenoxy) is 1. The number of thiophene rings is 1. The van der Waals surface area contributed by atoms with Crippen LogP contribution in [0, 0.1) is 18.3 Å². The molecule has 2 N–H and O–H groups in total. The van der Waals surface area contributed by atoms with Gasteiger partial charge < -0.3 is 20.3 Å². The van der Waals surface area contributed by atoms with Gasteiger partial charge in [0.1, 0.15) is 28.0 Å². The van der Waals surface area contributed by atoms with Crippen molar-refractivity contribution in [2.45, 2.75) is 32.7 Å². The van der Waals surface area contributed by atoms with Crippen molar-refractivity contribution in [1.29, 1.82) is 5.26 Å². The molecule has 2 aliphatic rings. The summed E-state index contributed by atoms with van der Waals surface area (Å²) in [5, 5.41) is 16.7. The van der Waals surface area contributed by atoms with Crippen molar-refractivity contribution < 1.29 is 14.3 Å². The van der Waals surface area contributed by atoms with E-state index in [9.17, 15) is 14.9 Å². The Morgan fingerprint density at radius 2 is 2.02 bits per heavy atom. The van der Waals surface area contributed by atoms with Crippen molar-refractivity contribution in [2.75, 3.05) is 23.3 Å². The summed E-state index contributed by atoms with van der Waals surface area (Å²) in [5.41, 5.74) is 3.84. The number of amides is 3. The summed E-state index contributed by atoms with van der Waals surface area (Å²) in [6.07, 6.45) is 4.92. The third-order valence-electron chi connectivity index (χ3n) is 7.63. The van der Waals surface area contributed by atoms with Crippen LogP contribution < -0.4 is 20.3 Å². The number of urea groups is 1. The second-order valence-electron chi connectivity index (χ2n) is 10.5. The highest BCUT2D eigenvalue weighted by atomic mass is 32.1. The molecule has 9 nitrogen and oxygen atoms in total. The molecule has 0 unspecified atom stereocenters. The monoisotopic (exact) mass is 590 g/mol. The standard InChI is InChI=1S/C33H30N6O3S/c1-4-22(18-34)32(40)38-16-8-9-23(19-38)36-21(3)30-29-28-27(14-15-35-31(28)43-30)39(33(41)37-29)26-13-12-25(17-20(26)2)42-24-10-6-5-7-11-24/h4-7,10-15,17,23,36H,3,8-9,16,19H2,1-2H3,(H,37,41)/b22-4+/t23-/m1/s1. The van der Waals surface area contributed by atoms with Crippen LogP contribution in [0.3, 0.4) is 0 Å². The van der Waals surface area contributed by atoms with Gasteiger partial charge in [-0.15, -0.1) is 11.3 Å². The Morgan fingerprint density at radius 3 is 2.77 bits per heavy atom. The lowest BCUT2D eigenvalue weighted by Crippen LogP contribution is -2.47. The van der Waals surface area contributed by atoms with Crippen LogP contribution in [-0.4, -0.2) is 41.0 Å². The molecule has 43 heavy (non-hydrogen) atoms.